The van der Waals surface area contributed by atoms with Gasteiger partial charge in [0.25, 0.3) is 0 Å². The van der Waals surface area contributed by atoms with Crippen molar-refractivity contribution in [1.82, 2.24) is 4.90 Å². The molecule has 24 heavy (non-hydrogen) atoms. The molecule has 5 heteroatoms. The van der Waals surface area contributed by atoms with E-state index in [0.717, 1.165) is 24.5 Å². The van der Waals surface area contributed by atoms with Crippen LogP contribution in [-0.2, 0) is 6.54 Å². The van der Waals surface area contributed by atoms with Gasteiger partial charge in [-0.05, 0) is 36.6 Å². The van der Waals surface area contributed by atoms with Crippen molar-refractivity contribution in [3.63, 3.8) is 0 Å². The Morgan fingerprint density at radius 1 is 1.17 bits per heavy atom. The molecule has 0 aromatic heterocycles. The van der Waals surface area contributed by atoms with E-state index >= 15 is 0 Å². The molecule has 0 spiro atoms. The minimum absolute atomic E-state index is 0.322. The maximum absolute atomic E-state index is 13.9. The minimum Gasteiger partial charge on any atom is -0.387 e. The van der Waals surface area contributed by atoms with E-state index in [-0.39, 0.29) is 0 Å². The summed E-state index contributed by atoms with van der Waals surface area (Å²) in [6.07, 6.45) is 1.31. The zero-order valence-corrected chi connectivity index (χ0v) is 13.1. The molecule has 0 bridgehead atoms. The van der Waals surface area contributed by atoms with E-state index in [1.165, 1.54) is 12.1 Å². The maximum atomic E-state index is 13.9. The number of aliphatic hydroxyl groups is 1. The van der Waals surface area contributed by atoms with Crippen LogP contribution in [0.4, 0.5) is 8.78 Å². The summed E-state index contributed by atoms with van der Waals surface area (Å²) in [6, 6.07) is 12.7. The fourth-order valence-corrected chi connectivity index (χ4v) is 2.76. The number of nitrogens with zero attached hydrogens (tertiary/aromatic N) is 2. The summed E-state index contributed by atoms with van der Waals surface area (Å²) in [7, 11) is 0. The third-order valence-electron chi connectivity index (χ3n) is 4.28. The fraction of sp³-hybridized carbons (Fsp3) is 0.316. The summed E-state index contributed by atoms with van der Waals surface area (Å²) in [5.41, 5.74) is 1.69. The van der Waals surface area contributed by atoms with Crippen LogP contribution in [0.15, 0.2) is 42.5 Å². The lowest BCUT2D eigenvalue weighted by Crippen LogP contribution is -2.30. The first kappa shape index (κ1) is 16.6. The Morgan fingerprint density at radius 3 is 2.46 bits per heavy atom. The minimum atomic E-state index is -0.721. The van der Waals surface area contributed by atoms with Gasteiger partial charge in [0.2, 0.25) is 0 Å². The van der Waals surface area contributed by atoms with Crippen molar-refractivity contribution in [3.8, 4) is 6.07 Å². The maximum Gasteiger partial charge on any atom is 0.130 e. The summed E-state index contributed by atoms with van der Waals surface area (Å²) in [4.78, 5) is 2.03. The number of rotatable bonds is 6. The number of aliphatic hydroxyl groups excluding tert-OH is 1. The zero-order valence-electron chi connectivity index (χ0n) is 13.1. The molecular weight excluding hydrogens is 310 g/mol. The van der Waals surface area contributed by atoms with Crippen molar-refractivity contribution in [1.29, 1.82) is 5.26 Å². The summed E-state index contributed by atoms with van der Waals surface area (Å²) in [5.74, 6) is -1.15. The largest absolute Gasteiger partial charge is 0.387 e. The lowest BCUT2D eigenvalue weighted by atomic mass is 10.1. The highest BCUT2D eigenvalue weighted by molar-refractivity contribution is 5.32. The Kier molecular flexibility index (Phi) is 4.89. The quantitative estimate of drug-likeness (QED) is 0.882. The third kappa shape index (κ3) is 3.97. The van der Waals surface area contributed by atoms with Gasteiger partial charge in [-0.2, -0.15) is 5.26 Å². The summed E-state index contributed by atoms with van der Waals surface area (Å²) in [5, 5.41) is 19.3. The average Bonchev–Trinajstić information content (AvgIpc) is 3.41. The molecule has 1 fully saturated rings. The van der Waals surface area contributed by atoms with Gasteiger partial charge >= 0.3 is 0 Å². The van der Waals surface area contributed by atoms with Gasteiger partial charge in [0.15, 0.2) is 0 Å². The van der Waals surface area contributed by atoms with Crippen LogP contribution in [0.25, 0.3) is 0 Å². The number of hydrogen-bond acceptors (Lipinski definition) is 3. The van der Waals surface area contributed by atoms with Gasteiger partial charge in [-0.15, -0.1) is 0 Å². The van der Waals surface area contributed by atoms with E-state index < -0.39 is 17.7 Å². The normalized spacial score (nSPS) is 15.3. The Hall–Kier alpha value is -2.29. The summed E-state index contributed by atoms with van der Waals surface area (Å²) >= 11 is 0. The van der Waals surface area contributed by atoms with Crippen LogP contribution in [0.1, 0.15) is 35.6 Å². The van der Waals surface area contributed by atoms with E-state index in [9.17, 15) is 13.9 Å². The molecule has 1 unspecified atom stereocenters. The Bertz CT molecular complexity index is 751. The van der Waals surface area contributed by atoms with Crippen LogP contribution in [-0.4, -0.2) is 22.6 Å². The second-order valence-corrected chi connectivity index (χ2v) is 6.15. The van der Waals surface area contributed by atoms with E-state index in [1.807, 2.05) is 11.0 Å². The Balaban J connectivity index is 1.70. The predicted octanol–water partition coefficient (Wildman–Crippen LogP) is 3.53. The number of hydrogen-bond donors (Lipinski definition) is 1. The van der Waals surface area contributed by atoms with Gasteiger partial charge in [-0.25, -0.2) is 8.78 Å². The Morgan fingerprint density at radius 2 is 1.88 bits per heavy atom. The van der Waals surface area contributed by atoms with Crippen LogP contribution < -0.4 is 0 Å². The predicted molar refractivity (Wildman–Crippen MR) is 85.9 cm³/mol. The highest BCUT2D eigenvalue weighted by Gasteiger charge is 2.31. The first-order chi connectivity index (χ1) is 11.6. The molecule has 1 N–H and O–H groups in total. The topological polar surface area (TPSA) is 47.3 Å². The third-order valence-corrected chi connectivity index (χ3v) is 4.28. The number of benzene rings is 2. The molecule has 1 aliphatic rings. The van der Waals surface area contributed by atoms with Gasteiger partial charge in [0.05, 0.1) is 17.7 Å². The highest BCUT2D eigenvalue weighted by atomic mass is 19.1. The monoisotopic (exact) mass is 328 g/mol. The lowest BCUT2D eigenvalue weighted by Gasteiger charge is -2.25. The highest BCUT2D eigenvalue weighted by Crippen LogP contribution is 2.31. The van der Waals surface area contributed by atoms with Crippen molar-refractivity contribution in [2.75, 3.05) is 6.54 Å². The van der Waals surface area contributed by atoms with Gasteiger partial charge < -0.3 is 5.11 Å². The van der Waals surface area contributed by atoms with Gasteiger partial charge in [0.1, 0.15) is 11.6 Å². The van der Waals surface area contributed by atoms with Gasteiger partial charge in [-0.1, -0.05) is 18.2 Å². The Labute approximate surface area is 139 Å². The molecule has 1 saturated carbocycles. The molecule has 0 radical (unpaired) electrons. The van der Waals surface area contributed by atoms with Gasteiger partial charge in [0, 0.05) is 30.8 Å². The van der Waals surface area contributed by atoms with Crippen molar-refractivity contribution in [2.45, 2.75) is 31.5 Å². The molecular formula is C19H18F2N2O. The van der Waals surface area contributed by atoms with Crippen LogP contribution in [0, 0.1) is 23.0 Å². The molecule has 0 aliphatic heterocycles. The molecule has 2 aromatic carbocycles. The molecule has 0 amide bonds. The molecule has 3 nitrogen and oxygen atoms in total. The van der Waals surface area contributed by atoms with E-state index in [0.29, 0.717) is 30.3 Å². The van der Waals surface area contributed by atoms with Gasteiger partial charge in [-0.3, -0.25) is 4.90 Å². The van der Waals surface area contributed by atoms with Crippen molar-refractivity contribution < 1.29 is 13.9 Å². The molecule has 124 valence electrons. The first-order valence-electron chi connectivity index (χ1n) is 7.93. The fourth-order valence-electron chi connectivity index (χ4n) is 2.76. The smallest absolute Gasteiger partial charge is 0.130 e. The second kappa shape index (κ2) is 7.08. The summed E-state index contributed by atoms with van der Waals surface area (Å²) < 4.78 is 26.9. The van der Waals surface area contributed by atoms with E-state index in [1.54, 1.807) is 24.3 Å². The van der Waals surface area contributed by atoms with Crippen LogP contribution in [0.3, 0.4) is 0 Å². The summed E-state index contributed by atoms with van der Waals surface area (Å²) in [6.45, 7) is 0.706. The number of nitriles is 1. The second-order valence-electron chi connectivity index (χ2n) is 6.15. The molecule has 2 aromatic rings. The van der Waals surface area contributed by atoms with E-state index in [2.05, 4.69) is 0 Å². The van der Waals surface area contributed by atoms with Crippen LogP contribution in [0.2, 0.25) is 0 Å². The molecule has 1 atom stereocenters. The van der Waals surface area contributed by atoms with Crippen LogP contribution >= 0.6 is 0 Å². The van der Waals surface area contributed by atoms with Crippen molar-refractivity contribution >= 4 is 0 Å². The number of halogens is 2. The standard InChI is InChI=1S/C19H18F2N2O/c20-16-6-5-15(18(21)9-16)11-23(17-7-8-17)12-19(24)14-3-1-13(10-22)2-4-14/h1-6,9,17,19,24H,7-8,11-12H2. The molecule has 0 saturated heterocycles. The average molecular weight is 328 g/mol. The van der Waals surface area contributed by atoms with Crippen LogP contribution in [0.5, 0.6) is 0 Å². The lowest BCUT2D eigenvalue weighted by molar-refractivity contribution is 0.104. The zero-order chi connectivity index (χ0) is 17.1. The van der Waals surface area contributed by atoms with Crippen molar-refractivity contribution in [3.05, 3.63) is 70.8 Å². The first-order valence-corrected chi connectivity index (χ1v) is 7.93. The molecule has 0 heterocycles. The SMILES string of the molecule is N#Cc1ccc(C(O)CN(Cc2ccc(F)cc2F)C2CC2)cc1. The van der Waals surface area contributed by atoms with E-state index in [4.69, 9.17) is 5.26 Å². The molecule has 3 rings (SSSR count). The molecule has 1 aliphatic carbocycles. The van der Waals surface area contributed by atoms with Crippen molar-refractivity contribution in [2.24, 2.45) is 0 Å².